The van der Waals surface area contributed by atoms with Gasteiger partial charge in [-0.3, -0.25) is 18.6 Å². The average Bonchev–Trinajstić information content (AvgIpc) is 2.95. The number of halogens is 1. The number of benzene rings is 1. The molecule has 13 heteroatoms. The molecule has 2 aliphatic heterocycles. The summed E-state index contributed by atoms with van der Waals surface area (Å²) in [6, 6.07) is 4.88. The quantitative estimate of drug-likeness (QED) is 0.336. The summed E-state index contributed by atoms with van der Waals surface area (Å²) in [5, 5.41) is 20.8. The van der Waals surface area contributed by atoms with Gasteiger partial charge in [0, 0.05) is 11.8 Å². The third kappa shape index (κ3) is 3.93. The van der Waals surface area contributed by atoms with Gasteiger partial charge in [-0.15, -0.1) is 6.42 Å². The SMILES string of the molecule is [2H]C([2H])(OP1(=O)OCc2cccc(C)c2O1)[C@@]1(F)O[C@@]([2H])(n2cc(C#C)c(=S)[nH]c2=O)[C@H](O)[C@@H]1O. The molecule has 3 heterocycles. The van der Waals surface area contributed by atoms with Gasteiger partial charge in [0.15, 0.2) is 6.20 Å². The van der Waals surface area contributed by atoms with E-state index in [9.17, 15) is 19.6 Å². The monoisotopic (exact) mass is 487 g/mol. The lowest BCUT2D eigenvalue weighted by Crippen LogP contribution is -2.43. The molecule has 3 N–H and O–H groups in total. The van der Waals surface area contributed by atoms with E-state index in [4.69, 9.17) is 41.1 Å². The lowest BCUT2D eigenvalue weighted by Gasteiger charge is -2.29. The zero-order valence-corrected chi connectivity index (χ0v) is 18.0. The molecule has 2 aliphatic rings. The van der Waals surface area contributed by atoms with Gasteiger partial charge in [0.2, 0.25) is 0 Å². The van der Waals surface area contributed by atoms with Crippen LogP contribution in [0, 0.1) is 23.9 Å². The van der Waals surface area contributed by atoms with E-state index >= 15 is 4.39 Å². The summed E-state index contributed by atoms with van der Waals surface area (Å²) in [7, 11) is -4.84. The number of H-pyrrole nitrogens is 1. The Hall–Kier alpha value is -2.36. The van der Waals surface area contributed by atoms with Gasteiger partial charge in [0.25, 0.3) is 5.85 Å². The van der Waals surface area contributed by atoms with Crippen LogP contribution in [0.3, 0.4) is 0 Å². The predicted molar refractivity (Wildman–Crippen MR) is 110 cm³/mol. The molecule has 4 rings (SSSR count). The first-order valence-corrected chi connectivity index (χ1v) is 10.9. The zero-order valence-electron chi connectivity index (χ0n) is 19.3. The third-order valence-corrected chi connectivity index (χ3v) is 6.18. The summed E-state index contributed by atoms with van der Waals surface area (Å²) in [6.45, 7) is -2.56. The number of ether oxygens (including phenoxy) is 1. The van der Waals surface area contributed by atoms with Gasteiger partial charge < -0.3 is 19.5 Å². The highest BCUT2D eigenvalue weighted by Crippen LogP contribution is 2.56. The highest BCUT2D eigenvalue weighted by molar-refractivity contribution is 7.71. The fourth-order valence-electron chi connectivity index (χ4n) is 3.03. The van der Waals surface area contributed by atoms with Crippen molar-refractivity contribution in [1.82, 2.24) is 9.55 Å². The van der Waals surface area contributed by atoms with Crippen molar-refractivity contribution in [2.45, 2.75) is 37.8 Å². The van der Waals surface area contributed by atoms with Crippen molar-refractivity contribution in [3.05, 3.63) is 56.2 Å². The molecule has 2 aromatic rings. The first kappa shape index (κ1) is 19.1. The molecule has 0 amide bonds. The number of aliphatic hydroxyl groups is 2. The Kier molecular flexibility index (Phi) is 4.91. The topological polar surface area (TPSA) is 132 Å². The van der Waals surface area contributed by atoms with E-state index in [1.165, 1.54) is 0 Å². The molecule has 10 nitrogen and oxygen atoms in total. The van der Waals surface area contributed by atoms with Crippen LogP contribution in [-0.2, 0) is 25.0 Å². The highest BCUT2D eigenvalue weighted by atomic mass is 32.1. The van der Waals surface area contributed by atoms with Crippen LogP contribution in [0.4, 0.5) is 4.39 Å². The van der Waals surface area contributed by atoms with Crippen LogP contribution in [0.2, 0.25) is 0 Å². The first-order valence-electron chi connectivity index (χ1n) is 10.5. The van der Waals surface area contributed by atoms with Gasteiger partial charge in [-0.25, -0.2) is 13.8 Å². The maximum atomic E-state index is 15.9. The Bertz CT molecular complexity index is 1410. The Labute approximate surface area is 190 Å². The number of phosphoric acid groups is 1. The molecule has 1 aromatic heterocycles. The molecule has 0 spiro atoms. The van der Waals surface area contributed by atoms with Crippen molar-refractivity contribution < 1.29 is 41.6 Å². The summed E-state index contributed by atoms with van der Waals surface area (Å²) in [6.07, 6.45) is -2.45. The number of alkyl halides is 1. The number of phosphoric ester groups is 1. The summed E-state index contributed by atoms with van der Waals surface area (Å²) in [5.74, 6) is -1.87. The van der Waals surface area contributed by atoms with Crippen molar-refractivity contribution in [3.63, 3.8) is 0 Å². The number of fused-ring (bicyclic) bond motifs is 1. The van der Waals surface area contributed by atoms with E-state index in [1.807, 2.05) is 0 Å². The van der Waals surface area contributed by atoms with E-state index in [-0.39, 0.29) is 22.6 Å². The highest BCUT2D eigenvalue weighted by Gasteiger charge is 2.57. The molecule has 1 fully saturated rings. The number of terminal acetylenes is 1. The summed E-state index contributed by atoms with van der Waals surface area (Å²) < 4.78 is 73.4. The Morgan fingerprint density at radius 1 is 1.59 bits per heavy atom. The molecular formula is C19H18FN2O8PS. The van der Waals surface area contributed by atoms with Gasteiger partial charge in [-0.05, 0) is 12.5 Å². The summed E-state index contributed by atoms with van der Waals surface area (Å²) in [5.41, 5.74) is -0.346. The molecular weight excluding hydrogens is 466 g/mol. The number of aliphatic hydroxyl groups excluding tert-OH is 2. The van der Waals surface area contributed by atoms with E-state index in [2.05, 4.69) is 10.9 Å². The Morgan fingerprint density at radius 2 is 2.34 bits per heavy atom. The fraction of sp³-hybridized carbons (Fsp3) is 0.368. The van der Waals surface area contributed by atoms with Gasteiger partial charge in [-0.2, -0.15) is 0 Å². The maximum absolute atomic E-state index is 15.9. The van der Waals surface area contributed by atoms with Gasteiger partial charge >= 0.3 is 13.5 Å². The average molecular weight is 487 g/mol. The van der Waals surface area contributed by atoms with E-state index in [1.54, 1.807) is 25.1 Å². The van der Waals surface area contributed by atoms with Gasteiger partial charge in [0.1, 0.15) is 29.2 Å². The minimum atomic E-state index is -4.84. The molecule has 32 heavy (non-hydrogen) atoms. The first-order chi connectivity index (χ1) is 16.2. The van der Waals surface area contributed by atoms with Crippen molar-refractivity contribution in [2.24, 2.45) is 0 Å². The van der Waals surface area contributed by atoms with Crippen LogP contribution in [0.5, 0.6) is 5.75 Å². The second kappa shape index (κ2) is 8.20. The largest absolute Gasteiger partial charge is 0.530 e. The lowest BCUT2D eigenvalue weighted by molar-refractivity contribution is -0.205. The summed E-state index contributed by atoms with van der Waals surface area (Å²) in [4.78, 5) is 14.5. The fourth-order valence-corrected chi connectivity index (χ4v) is 4.39. The Morgan fingerprint density at radius 3 is 3.06 bits per heavy atom. The van der Waals surface area contributed by atoms with Crippen LogP contribution in [0.25, 0.3) is 0 Å². The van der Waals surface area contributed by atoms with Crippen molar-refractivity contribution in [2.75, 3.05) is 6.56 Å². The minimum absolute atomic E-state index is 0.0708. The van der Waals surface area contributed by atoms with E-state index < -0.39 is 44.3 Å². The number of hydrogen-bond donors (Lipinski definition) is 3. The standard InChI is InChI=1S/C19H18FN2O8PS/c1-3-11-7-22(18(25)21-16(11)32)17-13(23)15(24)19(20,29-17)9-28-31(26)27-8-12-6-4-5-10(2)14(12)30-31/h1,4-7,13,15,17,23-24H,8-9H2,2H3,(H,21,25,32)/t13-,15+,17-,19-,31?/m1/s1/i9D2,17D. The molecule has 1 saturated heterocycles. The molecule has 0 saturated carbocycles. The maximum Gasteiger partial charge on any atom is 0.530 e. The molecule has 5 atom stereocenters. The molecule has 0 radical (unpaired) electrons. The van der Waals surface area contributed by atoms with Gasteiger partial charge in [-0.1, -0.05) is 36.3 Å². The molecule has 0 bridgehead atoms. The van der Waals surface area contributed by atoms with Crippen LogP contribution in [0.1, 0.15) is 27.0 Å². The van der Waals surface area contributed by atoms with E-state index in [0.717, 1.165) is 6.20 Å². The number of rotatable bonds is 4. The number of nitrogens with zero attached hydrogens (tertiary/aromatic N) is 1. The normalized spacial score (nSPS) is 35.7. The molecule has 1 unspecified atom stereocenters. The second-order valence-corrected chi connectivity index (χ2v) is 8.79. The van der Waals surface area contributed by atoms with Crippen LogP contribution < -0.4 is 10.2 Å². The number of aromatic nitrogens is 2. The van der Waals surface area contributed by atoms with E-state index in [0.29, 0.717) is 15.7 Å². The molecule has 0 aliphatic carbocycles. The number of aromatic amines is 1. The zero-order chi connectivity index (χ0) is 26.0. The predicted octanol–water partition coefficient (Wildman–Crippen LogP) is 1.85. The van der Waals surface area contributed by atoms with Crippen LogP contribution in [-0.4, -0.2) is 44.4 Å². The van der Waals surface area contributed by atoms with Crippen molar-refractivity contribution in [3.8, 4) is 18.1 Å². The third-order valence-electron chi connectivity index (χ3n) is 4.69. The smallest absolute Gasteiger partial charge is 0.403 e. The summed E-state index contributed by atoms with van der Waals surface area (Å²) >= 11 is 4.87. The van der Waals surface area contributed by atoms with Crippen LogP contribution >= 0.6 is 20.0 Å². The number of nitrogens with one attached hydrogen (secondary N) is 1. The van der Waals surface area contributed by atoms with Gasteiger partial charge in [0.05, 0.1) is 16.3 Å². The second-order valence-electron chi connectivity index (χ2n) is 6.86. The number of para-hydroxylation sites is 1. The Balaban J connectivity index is 1.70. The van der Waals surface area contributed by atoms with Crippen molar-refractivity contribution >= 4 is 20.0 Å². The minimum Gasteiger partial charge on any atom is -0.403 e. The number of aryl methyl sites for hydroxylation is 1. The molecule has 170 valence electrons. The molecule has 1 aromatic carbocycles. The lowest BCUT2D eigenvalue weighted by atomic mass is 10.1. The number of hydrogen-bond acceptors (Lipinski definition) is 9. The van der Waals surface area contributed by atoms with Crippen molar-refractivity contribution in [1.29, 1.82) is 0 Å². The van der Waals surface area contributed by atoms with Crippen LogP contribution in [0.15, 0.2) is 29.2 Å².